The predicted octanol–water partition coefficient (Wildman–Crippen LogP) is 2.04. The molecule has 1 aromatic carbocycles. The summed E-state index contributed by atoms with van der Waals surface area (Å²) in [7, 11) is 0. The Kier molecular flexibility index (Phi) is 5.72. The van der Waals surface area contributed by atoms with Crippen LogP contribution < -0.4 is 11.3 Å². The summed E-state index contributed by atoms with van der Waals surface area (Å²) in [5.41, 5.74) is 5.79. The molecule has 130 valence electrons. The van der Waals surface area contributed by atoms with Gasteiger partial charge in [-0.1, -0.05) is 26.0 Å². The first-order valence-electron chi connectivity index (χ1n) is 8.48. The molecule has 3 N–H and O–H groups in total. The van der Waals surface area contributed by atoms with E-state index in [0.717, 1.165) is 0 Å². The highest BCUT2D eigenvalue weighted by Gasteiger charge is 2.36. The first-order chi connectivity index (χ1) is 11.5. The quantitative estimate of drug-likeness (QED) is 0.812. The third kappa shape index (κ3) is 3.33. The Morgan fingerprint density at radius 1 is 1.25 bits per heavy atom. The van der Waals surface area contributed by atoms with Gasteiger partial charge in [-0.15, -0.1) is 0 Å². The molecule has 0 saturated carbocycles. The number of nitrogens with one attached hydrogen (secondary N) is 1. The minimum Gasteiger partial charge on any atom is -0.335 e. The smallest absolute Gasteiger partial charge is 0.258 e. The number of hydrogen-bond donors (Lipinski definition) is 2. The van der Waals surface area contributed by atoms with Crippen LogP contribution in [0.3, 0.4) is 0 Å². The number of nitrogens with two attached hydrogens (primary N) is 1. The molecule has 1 amide bonds. The molecule has 0 saturated heterocycles. The summed E-state index contributed by atoms with van der Waals surface area (Å²) in [6, 6.07) is 7.18. The summed E-state index contributed by atoms with van der Waals surface area (Å²) in [6.45, 7) is 7.02. The molecule has 0 spiro atoms. The lowest BCUT2D eigenvalue weighted by atomic mass is 9.81. The van der Waals surface area contributed by atoms with Crippen molar-refractivity contribution in [3.8, 4) is 0 Å². The normalized spacial score (nSPS) is 11.7. The van der Waals surface area contributed by atoms with E-state index < -0.39 is 5.41 Å². The Labute approximate surface area is 142 Å². The molecule has 24 heavy (non-hydrogen) atoms. The van der Waals surface area contributed by atoms with Gasteiger partial charge in [0.05, 0.1) is 22.9 Å². The van der Waals surface area contributed by atoms with Crippen LogP contribution in [0.25, 0.3) is 10.9 Å². The van der Waals surface area contributed by atoms with Crippen molar-refractivity contribution in [3.05, 3.63) is 40.4 Å². The molecule has 2 aromatic rings. The highest BCUT2D eigenvalue weighted by molar-refractivity contribution is 5.83. The van der Waals surface area contributed by atoms with Crippen LogP contribution in [0, 0.1) is 5.41 Å². The monoisotopic (exact) mass is 330 g/mol. The third-order valence-electron chi connectivity index (χ3n) is 4.87. The molecule has 0 bridgehead atoms. The van der Waals surface area contributed by atoms with Gasteiger partial charge in [0.2, 0.25) is 5.91 Å². The van der Waals surface area contributed by atoms with Crippen molar-refractivity contribution in [2.75, 3.05) is 13.1 Å². The maximum absolute atomic E-state index is 13.0. The van der Waals surface area contributed by atoms with Crippen LogP contribution in [-0.4, -0.2) is 33.9 Å². The number of carbonyl (C=O) groups excluding carboxylic acids is 1. The average molecular weight is 330 g/mol. The second-order valence-corrected chi connectivity index (χ2v) is 6.04. The lowest BCUT2D eigenvalue weighted by Crippen LogP contribution is -2.47. The second kappa shape index (κ2) is 7.57. The highest BCUT2D eigenvalue weighted by Crippen LogP contribution is 2.28. The fraction of sp³-hybridized carbons (Fsp3) is 0.500. The standard InChI is InChI=1S/C18H26N4O2/c1-4-18(5-2,12-19)17(24)22(6-3)11-15-20-14-10-8-7-9-13(14)16(23)21-15/h7-10H,4-6,11-12,19H2,1-3H3,(H,20,21,23). The molecule has 0 aliphatic heterocycles. The minimum absolute atomic E-state index is 0.0216. The van der Waals surface area contributed by atoms with E-state index >= 15 is 0 Å². The molecule has 0 aliphatic rings. The Hall–Kier alpha value is -2.21. The number of aromatic amines is 1. The molecule has 0 unspecified atom stereocenters. The molecule has 0 aliphatic carbocycles. The van der Waals surface area contributed by atoms with Crippen LogP contribution in [0.2, 0.25) is 0 Å². The number of amides is 1. The molecule has 1 heterocycles. The minimum atomic E-state index is -0.548. The molecule has 6 nitrogen and oxygen atoms in total. The molecule has 1 aromatic heterocycles. The maximum Gasteiger partial charge on any atom is 0.258 e. The van der Waals surface area contributed by atoms with E-state index in [0.29, 0.717) is 42.7 Å². The molecule has 2 rings (SSSR count). The van der Waals surface area contributed by atoms with Crippen molar-refractivity contribution in [2.45, 2.75) is 40.2 Å². The van der Waals surface area contributed by atoms with Gasteiger partial charge >= 0.3 is 0 Å². The van der Waals surface area contributed by atoms with Gasteiger partial charge in [-0.05, 0) is 31.9 Å². The first-order valence-corrected chi connectivity index (χ1v) is 8.48. The summed E-state index contributed by atoms with van der Waals surface area (Å²) >= 11 is 0. The van der Waals surface area contributed by atoms with E-state index in [9.17, 15) is 9.59 Å². The fourth-order valence-electron chi connectivity index (χ4n) is 2.98. The Bertz CT molecular complexity index is 757. The van der Waals surface area contributed by atoms with Gasteiger partial charge in [-0.25, -0.2) is 4.98 Å². The van der Waals surface area contributed by atoms with Crippen LogP contribution >= 0.6 is 0 Å². The molecule has 0 fully saturated rings. The number of hydrogen-bond acceptors (Lipinski definition) is 4. The summed E-state index contributed by atoms with van der Waals surface area (Å²) in [6.07, 6.45) is 1.38. The number of H-pyrrole nitrogens is 1. The van der Waals surface area contributed by atoms with Crippen LogP contribution in [0.4, 0.5) is 0 Å². The van der Waals surface area contributed by atoms with E-state index in [1.165, 1.54) is 0 Å². The van der Waals surface area contributed by atoms with Gasteiger partial charge in [0.25, 0.3) is 5.56 Å². The van der Waals surface area contributed by atoms with Gasteiger partial charge in [-0.3, -0.25) is 9.59 Å². The van der Waals surface area contributed by atoms with Gasteiger partial charge in [-0.2, -0.15) is 0 Å². The van der Waals surface area contributed by atoms with Crippen molar-refractivity contribution in [1.82, 2.24) is 14.9 Å². The maximum atomic E-state index is 13.0. The number of aromatic nitrogens is 2. The highest BCUT2D eigenvalue weighted by atomic mass is 16.2. The van der Waals surface area contributed by atoms with Crippen LogP contribution in [0.15, 0.2) is 29.1 Å². The lowest BCUT2D eigenvalue weighted by Gasteiger charge is -2.34. The van der Waals surface area contributed by atoms with Crippen molar-refractivity contribution in [3.63, 3.8) is 0 Å². The number of carbonyl (C=O) groups is 1. The zero-order valence-corrected chi connectivity index (χ0v) is 14.6. The summed E-state index contributed by atoms with van der Waals surface area (Å²) < 4.78 is 0. The number of nitrogens with zero attached hydrogens (tertiary/aromatic N) is 2. The van der Waals surface area contributed by atoms with E-state index in [-0.39, 0.29) is 18.0 Å². The lowest BCUT2D eigenvalue weighted by molar-refractivity contribution is -0.142. The van der Waals surface area contributed by atoms with E-state index in [1.807, 2.05) is 26.8 Å². The number of fused-ring (bicyclic) bond motifs is 1. The topological polar surface area (TPSA) is 92.1 Å². The van der Waals surface area contributed by atoms with Crippen molar-refractivity contribution >= 4 is 16.8 Å². The van der Waals surface area contributed by atoms with Crippen molar-refractivity contribution in [2.24, 2.45) is 11.1 Å². The van der Waals surface area contributed by atoms with Crippen molar-refractivity contribution < 1.29 is 4.79 Å². The van der Waals surface area contributed by atoms with Gasteiger partial charge in [0, 0.05) is 13.1 Å². The zero-order valence-electron chi connectivity index (χ0n) is 14.6. The number of benzene rings is 1. The van der Waals surface area contributed by atoms with Crippen LogP contribution in [0.1, 0.15) is 39.4 Å². The molecule has 0 radical (unpaired) electrons. The molecule has 0 atom stereocenters. The summed E-state index contributed by atoms with van der Waals surface area (Å²) in [4.78, 5) is 34.1. The second-order valence-electron chi connectivity index (χ2n) is 6.04. The van der Waals surface area contributed by atoms with Crippen LogP contribution in [-0.2, 0) is 11.3 Å². The average Bonchev–Trinajstić information content (AvgIpc) is 2.61. The predicted molar refractivity (Wildman–Crippen MR) is 95.5 cm³/mol. The number of para-hydroxylation sites is 1. The fourth-order valence-corrected chi connectivity index (χ4v) is 2.98. The van der Waals surface area contributed by atoms with Gasteiger partial charge < -0.3 is 15.6 Å². The van der Waals surface area contributed by atoms with Crippen LogP contribution in [0.5, 0.6) is 0 Å². The van der Waals surface area contributed by atoms with Crippen molar-refractivity contribution in [1.29, 1.82) is 0 Å². The first kappa shape index (κ1) is 18.1. The van der Waals surface area contributed by atoms with E-state index in [4.69, 9.17) is 5.73 Å². The molecular formula is C18H26N4O2. The summed E-state index contributed by atoms with van der Waals surface area (Å²) in [5.74, 6) is 0.514. The Morgan fingerprint density at radius 3 is 2.50 bits per heavy atom. The SMILES string of the molecule is CCN(Cc1nc2ccccc2c(=O)[nH]1)C(=O)C(CC)(CC)CN. The molecular weight excluding hydrogens is 304 g/mol. The van der Waals surface area contributed by atoms with E-state index in [1.54, 1.807) is 23.1 Å². The van der Waals surface area contributed by atoms with Gasteiger partial charge in [0.1, 0.15) is 5.82 Å². The van der Waals surface area contributed by atoms with E-state index in [2.05, 4.69) is 9.97 Å². The van der Waals surface area contributed by atoms with Gasteiger partial charge in [0.15, 0.2) is 0 Å². The third-order valence-corrected chi connectivity index (χ3v) is 4.87. The molecule has 6 heteroatoms. The Balaban J connectivity index is 2.34. The summed E-state index contributed by atoms with van der Waals surface area (Å²) in [5, 5.41) is 0.550. The zero-order chi connectivity index (χ0) is 17.7. The largest absolute Gasteiger partial charge is 0.335 e. The number of rotatable bonds is 7. The Morgan fingerprint density at radius 2 is 1.92 bits per heavy atom.